The van der Waals surface area contributed by atoms with Crippen LogP contribution in [0.15, 0.2) is 42.0 Å². The highest BCUT2D eigenvalue weighted by Gasteiger charge is 2.44. The highest BCUT2D eigenvalue weighted by Crippen LogP contribution is 2.45. The predicted octanol–water partition coefficient (Wildman–Crippen LogP) is 5.01. The van der Waals surface area contributed by atoms with Crippen molar-refractivity contribution in [1.29, 1.82) is 0 Å². The van der Waals surface area contributed by atoms with Crippen LogP contribution in [0.25, 0.3) is 11.4 Å². The number of carbonyl (C=O) groups excluding carboxylic acids is 1. The van der Waals surface area contributed by atoms with E-state index < -0.39 is 41.3 Å². The van der Waals surface area contributed by atoms with Gasteiger partial charge in [0.25, 0.3) is 5.91 Å². The number of halogens is 3. The van der Waals surface area contributed by atoms with Crippen LogP contribution >= 0.6 is 0 Å². The number of aromatic nitrogens is 3. The number of amides is 1. The van der Waals surface area contributed by atoms with Gasteiger partial charge in [-0.2, -0.15) is 5.10 Å². The Hall–Kier alpha value is -2.98. The maximum Gasteiger partial charge on any atom is 0.252 e. The molecular formula is C31H38F3N5O2. The number of benzene rings is 1. The number of carbonyl (C=O) groups is 1. The highest BCUT2D eigenvalue weighted by molar-refractivity contribution is 5.81. The van der Waals surface area contributed by atoms with Crippen molar-refractivity contribution in [3.8, 4) is 11.4 Å². The third-order valence-corrected chi connectivity index (χ3v) is 8.63. The van der Waals surface area contributed by atoms with Crippen molar-refractivity contribution in [3.05, 3.63) is 59.5 Å². The van der Waals surface area contributed by atoms with Gasteiger partial charge in [-0.15, -0.1) is 0 Å². The number of nitrogens with zero attached hydrogens (tertiary/aromatic N) is 4. The number of rotatable bonds is 8. The zero-order valence-electron chi connectivity index (χ0n) is 23.8. The molecule has 1 aromatic heterocycles. The zero-order valence-corrected chi connectivity index (χ0v) is 23.8. The lowest BCUT2D eigenvalue weighted by molar-refractivity contribution is -0.147. The lowest BCUT2D eigenvalue weighted by Gasteiger charge is -2.41. The molecule has 0 bridgehead atoms. The van der Waals surface area contributed by atoms with E-state index in [0.717, 1.165) is 36.6 Å². The summed E-state index contributed by atoms with van der Waals surface area (Å²) in [7, 11) is 0. The minimum absolute atomic E-state index is 0.0473. The van der Waals surface area contributed by atoms with Crippen LogP contribution in [-0.2, 0) is 16.1 Å². The van der Waals surface area contributed by atoms with Crippen LogP contribution in [0.2, 0.25) is 0 Å². The number of alkyl halides is 1. The first-order chi connectivity index (χ1) is 19.6. The molecule has 0 spiro atoms. The molecule has 3 heterocycles. The molecule has 10 heteroatoms. The standard InChI is InChI=1S/C31H38F3N5O2/c1-31(2,3)27(38(17-21-14-35-15-25(21)34)30(40)26-5-4-10-41-26)29-36-28(23-13-22(32)8-9-24(23)33)37-39(29)16-18-6-7-19-12-20(19)11-18/h6-9,11,13,19-21,25-27,35H,4-5,10,12,14-17H2,1-3H3/t19?,20?,21-,25-,26?,27-/m0/s1. The summed E-state index contributed by atoms with van der Waals surface area (Å²) in [5.74, 6) is -0.227. The summed E-state index contributed by atoms with van der Waals surface area (Å²) in [6.07, 6.45) is 7.32. The van der Waals surface area contributed by atoms with Crippen molar-refractivity contribution in [1.82, 2.24) is 25.0 Å². The van der Waals surface area contributed by atoms with Crippen molar-refractivity contribution in [3.63, 3.8) is 0 Å². The van der Waals surface area contributed by atoms with Gasteiger partial charge in [-0.1, -0.05) is 39.0 Å². The van der Waals surface area contributed by atoms with E-state index in [4.69, 9.17) is 14.8 Å². The molecule has 4 aliphatic rings. The second kappa shape index (κ2) is 11.0. The first-order valence-electron chi connectivity index (χ1n) is 14.6. The fourth-order valence-corrected chi connectivity index (χ4v) is 6.37. The van der Waals surface area contributed by atoms with E-state index in [1.807, 2.05) is 20.8 Å². The molecule has 2 saturated heterocycles. The number of allylic oxidation sites excluding steroid dienone is 4. The zero-order chi connectivity index (χ0) is 28.9. The molecule has 1 N–H and O–H groups in total. The molecule has 7 nitrogen and oxygen atoms in total. The van der Waals surface area contributed by atoms with Crippen LogP contribution in [-0.4, -0.2) is 64.1 Å². The molecule has 41 heavy (non-hydrogen) atoms. The summed E-state index contributed by atoms with van der Waals surface area (Å²) in [5, 5.41) is 7.80. The second-order valence-corrected chi connectivity index (χ2v) is 12.9. The predicted molar refractivity (Wildman–Crippen MR) is 148 cm³/mol. The Morgan fingerprint density at radius 1 is 1.24 bits per heavy atom. The molecule has 6 atom stereocenters. The topological polar surface area (TPSA) is 72.3 Å². The van der Waals surface area contributed by atoms with Crippen molar-refractivity contribution in [2.24, 2.45) is 23.2 Å². The van der Waals surface area contributed by atoms with Gasteiger partial charge in [0.1, 0.15) is 23.9 Å². The molecule has 2 aliphatic carbocycles. The van der Waals surface area contributed by atoms with E-state index in [1.165, 1.54) is 0 Å². The minimum Gasteiger partial charge on any atom is -0.368 e. The summed E-state index contributed by atoms with van der Waals surface area (Å²) in [4.78, 5) is 20.6. The average molecular weight is 570 g/mol. The Balaban J connectivity index is 1.46. The maximum absolute atomic E-state index is 14.9. The first kappa shape index (κ1) is 28.2. The largest absolute Gasteiger partial charge is 0.368 e. The Morgan fingerprint density at radius 3 is 2.76 bits per heavy atom. The van der Waals surface area contributed by atoms with E-state index in [2.05, 4.69) is 23.5 Å². The summed E-state index contributed by atoms with van der Waals surface area (Å²) >= 11 is 0. The summed E-state index contributed by atoms with van der Waals surface area (Å²) in [6, 6.07) is 2.58. The number of nitrogens with one attached hydrogen (secondary N) is 1. The van der Waals surface area contributed by atoms with Gasteiger partial charge in [0.2, 0.25) is 0 Å². The van der Waals surface area contributed by atoms with Crippen molar-refractivity contribution in [2.45, 2.75) is 64.9 Å². The summed E-state index contributed by atoms with van der Waals surface area (Å²) in [6.45, 7) is 7.76. The lowest BCUT2D eigenvalue weighted by atomic mass is 9.83. The van der Waals surface area contributed by atoms with Gasteiger partial charge in [0.05, 0.1) is 18.2 Å². The van der Waals surface area contributed by atoms with Gasteiger partial charge >= 0.3 is 0 Å². The number of ether oxygens (including phenoxy) is 1. The van der Waals surface area contributed by atoms with E-state index in [0.29, 0.717) is 43.8 Å². The SMILES string of the molecule is CC(C)(C)[C@H](c1nc(-c2cc(F)ccc2F)nn1CC1=CC2CC2C=C1)N(C[C@@H]1CNC[C@@H]1F)C(=O)C1CCCO1. The second-order valence-electron chi connectivity index (χ2n) is 12.9. The van der Waals surface area contributed by atoms with Crippen LogP contribution in [0.4, 0.5) is 13.2 Å². The number of fused-ring (bicyclic) bond motifs is 1. The summed E-state index contributed by atoms with van der Waals surface area (Å²) < 4.78 is 51.6. The fraction of sp³-hybridized carbons (Fsp3) is 0.581. The molecule has 1 amide bonds. The minimum atomic E-state index is -1.09. The Labute approximate surface area is 238 Å². The molecule has 1 aromatic carbocycles. The average Bonchev–Trinajstić information content (AvgIpc) is 3.25. The smallest absolute Gasteiger partial charge is 0.252 e. The van der Waals surface area contributed by atoms with E-state index >= 15 is 0 Å². The summed E-state index contributed by atoms with van der Waals surface area (Å²) in [5.41, 5.74) is 0.441. The van der Waals surface area contributed by atoms with Gasteiger partial charge < -0.3 is 15.0 Å². The molecule has 220 valence electrons. The van der Waals surface area contributed by atoms with E-state index in [9.17, 15) is 18.0 Å². The molecule has 2 aliphatic heterocycles. The normalized spacial score (nSPS) is 28.0. The lowest BCUT2D eigenvalue weighted by Crippen LogP contribution is -2.49. The van der Waals surface area contributed by atoms with Gasteiger partial charge in [-0.05, 0) is 60.3 Å². The third kappa shape index (κ3) is 5.86. The van der Waals surface area contributed by atoms with Crippen LogP contribution in [0.3, 0.4) is 0 Å². The Morgan fingerprint density at radius 2 is 2.07 bits per heavy atom. The third-order valence-electron chi connectivity index (χ3n) is 8.63. The Bertz CT molecular complexity index is 1360. The monoisotopic (exact) mass is 569 g/mol. The van der Waals surface area contributed by atoms with Crippen LogP contribution in [0.5, 0.6) is 0 Å². The molecular weight excluding hydrogens is 531 g/mol. The molecule has 1 saturated carbocycles. The fourth-order valence-electron chi connectivity index (χ4n) is 6.37. The number of hydrogen-bond donors (Lipinski definition) is 1. The first-order valence-corrected chi connectivity index (χ1v) is 14.6. The molecule has 2 aromatic rings. The van der Waals surface area contributed by atoms with Crippen LogP contribution in [0, 0.1) is 34.8 Å². The maximum atomic E-state index is 14.9. The van der Waals surface area contributed by atoms with Crippen LogP contribution in [0.1, 0.15) is 51.9 Å². The van der Waals surface area contributed by atoms with E-state index in [-0.39, 0.29) is 30.4 Å². The molecule has 6 rings (SSSR count). The van der Waals surface area contributed by atoms with Gasteiger partial charge in [0, 0.05) is 32.2 Å². The highest BCUT2D eigenvalue weighted by atomic mass is 19.1. The van der Waals surface area contributed by atoms with Gasteiger partial charge in [-0.25, -0.2) is 22.8 Å². The van der Waals surface area contributed by atoms with Crippen molar-refractivity contribution >= 4 is 5.91 Å². The van der Waals surface area contributed by atoms with E-state index in [1.54, 1.807) is 9.58 Å². The Kier molecular flexibility index (Phi) is 7.57. The van der Waals surface area contributed by atoms with Crippen LogP contribution < -0.4 is 5.32 Å². The van der Waals surface area contributed by atoms with Gasteiger partial charge in [-0.3, -0.25) is 4.79 Å². The molecule has 3 fully saturated rings. The number of hydrogen-bond acceptors (Lipinski definition) is 5. The molecule has 0 radical (unpaired) electrons. The van der Waals surface area contributed by atoms with Crippen molar-refractivity contribution in [2.75, 3.05) is 26.2 Å². The van der Waals surface area contributed by atoms with Crippen molar-refractivity contribution < 1.29 is 22.7 Å². The molecule has 3 unspecified atom stereocenters. The van der Waals surface area contributed by atoms with Gasteiger partial charge in [0.15, 0.2) is 11.6 Å². The quantitative estimate of drug-likeness (QED) is 0.484.